The van der Waals surface area contributed by atoms with Crippen LogP contribution in [-0.2, 0) is 0 Å². The molecule has 0 saturated heterocycles. The van der Waals surface area contributed by atoms with Gasteiger partial charge in [-0.15, -0.1) is 0 Å². The minimum atomic E-state index is -0.554. The highest BCUT2D eigenvalue weighted by molar-refractivity contribution is 6.31. The third-order valence-electron chi connectivity index (χ3n) is 3.45. The van der Waals surface area contributed by atoms with Gasteiger partial charge < -0.3 is 5.32 Å². The summed E-state index contributed by atoms with van der Waals surface area (Å²) in [4.78, 5) is 17.9. The maximum atomic E-state index is 10.9. The van der Waals surface area contributed by atoms with E-state index in [1.807, 2.05) is 0 Å². The van der Waals surface area contributed by atoms with Crippen molar-refractivity contribution in [3.63, 3.8) is 0 Å². The van der Waals surface area contributed by atoms with Crippen LogP contribution in [0.15, 0.2) is 6.33 Å². The molecule has 1 heterocycles. The molecule has 1 aromatic rings. The summed E-state index contributed by atoms with van der Waals surface area (Å²) in [5.74, 6) is 0.202. The van der Waals surface area contributed by atoms with Crippen LogP contribution in [0.5, 0.6) is 0 Å². The molecule has 1 fully saturated rings. The van der Waals surface area contributed by atoms with Crippen molar-refractivity contribution >= 4 is 23.1 Å². The van der Waals surface area contributed by atoms with E-state index in [0.29, 0.717) is 6.54 Å². The predicted octanol–water partition coefficient (Wildman–Crippen LogP) is 3.03. The third-order valence-corrected chi connectivity index (χ3v) is 3.73. The van der Waals surface area contributed by atoms with Crippen molar-refractivity contribution in [3.05, 3.63) is 21.6 Å². The molecule has 0 bridgehead atoms. The van der Waals surface area contributed by atoms with Crippen molar-refractivity contribution in [3.8, 4) is 0 Å². The van der Waals surface area contributed by atoms with Crippen LogP contribution in [0.2, 0.25) is 5.15 Å². The Labute approximate surface area is 110 Å². The molecule has 1 saturated carbocycles. The topological polar surface area (TPSA) is 81.0 Å². The predicted molar refractivity (Wildman–Crippen MR) is 68.8 cm³/mol. The molecule has 1 aliphatic rings. The number of hydrogen-bond donors (Lipinski definition) is 1. The molecule has 6 nitrogen and oxygen atoms in total. The van der Waals surface area contributed by atoms with Crippen LogP contribution < -0.4 is 5.32 Å². The van der Waals surface area contributed by atoms with Gasteiger partial charge in [0.2, 0.25) is 11.0 Å². The van der Waals surface area contributed by atoms with E-state index >= 15 is 0 Å². The Kier molecular flexibility index (Phi) is 3.65. The molecule has 18 heavy (non-hydrogen) atoms. The van der Waals surface area contributed by atoms with Gasteiger partial charge >= 0.3 is 5.69 Å². The number of aromatic nitrogens is 2. The molecule has 0 spiro atoms. The van der Waals surface area contributed by atoms with E-state index < -0.39 is 4.92 Å². The minimum absolute atomic E-state index is 0.130. The zero-order valence-electron chi connectivity index (χ0n) is 10.1. The highest BCUT2D eigenvalue weighted by Gasteiger charge is 2.30. The van der Waals surface area contributed by atoms with Gasteiger partial charge in [0.1, 0.15) is 6.33 Å². The van der Waals surface area contributed by atoms with Crippen LogP contribution in [0.25, 0.3) is 0 Å². The average molecular weight is 271 g/mol. The van der Waals surface area contributed by atoms with Crippen LogP contribution in [0.4, 0.5) is 11.5 Å². The van der Waals surface area contributed by atoms with Crippen molar-refractivity contribution in [1.82, 2.24) is 9.97 Å². The Bertz CT molecular complexity index is 460. The molecule has 0 aromatic carbocycles. The standard InChI is InChI=1S/C11H15ClN4O2/c1-11(4-2-3-5-11)6-13-10-8(16(17)18)9(12)14-7-15-10/h7H,2-6H2,1H3,(H,13,14,15). The third kappa shape index (κ3) is 2.69. The molecule has 1 aromatic heterocycles. The molecule has 1 aliphatic carbocycles. The van der Waals surface area contributed by atoms with Gasteiger partial charge in [0, 0.05) is 6.54 Å². The lowest BCUT2D eigenvalue weighted by Gasteiger charge is -2.23. The van der Waals surface area contributed by atoms with E-state index in [4.69, 9.17) is 11.6 Å². The molecule has 0 radical (unpaired) electrons. The van der Waals surface area contributed by atoms with Gasteiger partial charge in [-0.1, -0.05) is 31.4 Å². The fourth-order valence-electron chi connectivity index (χ4n) is 2.35. The Morgan fingerprint density at radius 1 is 1.50 bits per heavy atom. The van der Waals surface area contributed by atoms with E-state index in [1.54, 1.807) is 0 Å². The van der Waals surface area contributed by atoms with Gasteiger partial charge in [-0.05, 0) is 18.3 Å². The van der Waals surface area contributed by atoms with Gasteiger partial charge in [-0.2, -0.15) is 0 Å². The number of rotatable bonds is 4. The normalized spacial score (nSPS) is 17.7. The SMILES string of the molecule is CC1(CNc2ncnc(Cl)c2[N+](=O)[O-])CCCC1. The number of halogens is 1. The average Bonchev–Trinajstić information content (AvgIpc) is 2.73. The maximum Gasteiger partial charge on any atom is 0.348 e. The number of nitro groups is 1. The van der Waals surface area contributed by atoms with Crippen LogP contribution in [0.3, 0.4) is 0 Å². The second-order valence-corrected chi connectivity index (χ2v) is 5.35. The number of hydrogen-bond acceptors (Lipinski definition) is 5. The first-order valence-corrected chi connectivity index (χ1v) is 6.28. The second-order valence-electron chi connectivity index (χ2n) is 4.99. The Morgan fingerprint density at radius 3 is 2.78 bits per heavy atom. The van der Waals surface area contributed by atoms with Gasteiger partial charge in [-0.25, -0.2) is 9.97 Å². The summed E-state index contributed by atoms with van der Waals surface area (Å²) in [5, 5.41) is 13.8. The van der Waals surface area contributed by atoms with Crippen LogP contribution in [-0.4, -0.2) is 21.4 Å². The van der Waals surface area contributed by atoms with Crippen molar-refractivity contribution in [2.45, 2.75) is 32.6 Å². The van der Waals surface area contributed by atoms with Crippen LogP contribution in [0.1, 0.15) is 32.6 Å². The Balaban J connectivity index is 2.14. The molecule has 0 amide bonds. The molecule has 0 unspecified atom stereocenters. The Hall–Kier alpha value is -1.43. The largest absolute Gasteiger partial charge is 0.364 e. The van der Waals surface area contributed by atoms with Crippen molar-refractivity contribution in [2.24, 2.45) is 5.41 Å². The molecular weight excluding hydrogens is 256 g/mol. The van der Waals surface area contributed by atoms with Gasteiger partial charge in [-0.3, -0.25) is 10.1 Å². The van der Waals surface area contributed by atoms with E-state index in [2.05, 4.69) is 22.2 Å². The van der Waals surface area contributed by atoms with Crippen LogP contribution >= 0.6 is 11.6 Å². The first kappa shape index (κ1) is 13.0. The van der Waals surface area contributed by atoms with Gasteiger partial charge in [0.15, 0.2) is 0 Å². The summed E-state index contributed by atoms with van der Waals surface area (Å²) in [6.45, 7) is 2.85. The summed E-state index contributed by atoms with van der Waals surface area (Å²) in [7, 11) is 0. The van der Waals surface area contributed by atoms with E-state index in [-0.39, 0.29) is 22.1 Å². The zero-order valence-corrected chi connectivity index (χ0v) is 10.9. The first-order chi connectivity index (χ1) is 8.52. The Morgan fingerprint density at radius 2 is 2.17 bits per heavy atom. The first-order valence-electron chi connectivity index (χ1n) is 5.91. The fourth-order valence-corrected chi connectivity index (χ4v) is 2.55. The lowest BCUT2D eigenvalue weighted by Crippen LogP contribution is -2.23. The van der Waals surface area contributed by atoms with E-state index in [9.17, 15) is 10.1 Å². The molecule has 2 rings (SSSR count). The lowest BCUT2D eigenvalue weighted by molar-refractivity contribution is -0.384. The molecule has 7 heteroatoms. The zero-order chi connectivity index (χ0) is 13.2. The molecule has 0 aliphatic heterocycles. The smallest absolute Gasteiger partial charge is 0.348 e. The summed E-state index contributed by atoms with van der Waals surface area (Å²) in [6.07, 6.45) is 5.92. The molecule has 1 N–H and O–H groups in total. The lowest BCUT2D eigenvalue weighted by atomic mass is 9.89. The maximum absolute atomic E-state index is 10.9. The fraction of sp³-hybridized carbons (Fsp3) is 0.636. The monoisotopic (exact) mass is 270 g/mol. The van der Waals surface area contributed by atoms with Gasteiger partial charge in [0.25, 0.3) is 0 Å². The highest BCUT2D eigenvalue weighted by atomic mass is 35.5. The van der Waals surface area contributed by atoms with Crippen LogP contribution in [0, 0.1) is 15.5 Å². The summed E-state index contributed by atoms with van der Waals surface area (Å²) in [5.41, 5.74) is -0.0635. The quantitative estimate of drug-likeness (QED) is 0.517. The molecular formula is C11H15ClN4O2. The number of anilines is 1. The number of nitrogens with zero attached hydrogens (tertiary/aromatic N) is 3. The summed E-state index contributed by atoms with van der Waals surface area (Å²) < 4.78 is 0. The van der Waals surface area contributed by atoms with Crippen molar-refractivity contribution in [2.75, 3.05) is 11.9 Å². The minimum Gasteiger partial charge on any atom is -0.364 e. The van der Waals surface area contributed by atoms with Gasteiger partial charge in [0.05, 0.1) is 4.92 Å². The van der Waals surface area contributed by atoms with Crippen molar-refractivity contribution in [1.29, 1.82) is 0 Å². The number of nitrogens with one attached hydrogen (secondary N) is 1. The molecule has 98 valence electrons. The van der Waals surface area contributed by atoms with Crippen molar-refractivity contribution < 1.29 is 4.92 Å². The second kappa shape index (κ2) is 5.06. The molecule has 0 atom stereocenters. The highest BCUT2D eigenvalue weighted by Crippen LogP contribution is 2.38. The summed E-state index contributed by atoms with van der Waals surface area (Å²) >= 11 is 5.72. The van der Waals surface area contributed by atoms with E-state index in [0.717, 1.165) is 12.8 Å². The summed E-state index contributed by atoms with van der Waals surface area (Å²) in [6, 6.07) is 0. The van der Waals surface area contributed by atoms with E-state index in [1.165, 1.54) is 19.2 Å².